The minimum atomic E-state index is -0.411. The number of carbonyl (C=O) groups is 3. The molecule has 8 nitrogen and oxygen atoms in total. The molecule has 0 bridgehead atoms. The number of amides is 3. The molecule has 1 fully saturated rings. The minimum absolute atomic E-state index is 0.0371. The Bertz CT molecular complexity index is 1380. The van der Waals surface area contributed by atoms with E-state index in [1.54, 1.807) is 78.9 Å². The monoisotopic (exact) mass is 499 g/mol. The fraction of sp³-hybridized carbons (Fsp3) is 0.111. The molecule has 4 rings (SSSR count). The van der Waals surface area contributed by atoms with Gasteiger partial charge in [0.15, 0.2) is 6.61 Å². The largest absolute Gasteiger partial charge is 0.495 e. The van der Waals surface area contributed by atoms with Gasteiger partial charge in [0.25, 0.3) is 17.1 Å². The van der Waals surface area contributed by atoms with Gasteiger partial charge in [-0.05, 0) is 59.3 Å². The van der Waals surface area contributed by atoms with Gasteiger partial charge in [-0.3, -0.25) is 19.3 Å². The molecule has 3 aromatic rings. The van der Waals surface area contributed by atoms with E-state index in [1.165, 1.54) is 7.11 Å². The number of hydrogen-bond acceptors (Lipinski definition) is 7. The van der Waals surface area contributed by atoms with Gasteiger partial charge in [-0.15, -0.1) is 0 Å². The van der Waals surface area contributed by atoms with Gasteiger partial charge in [0.05, 0.1) is 35.9 Å². The highest BCUT2D eigenvalue weighted by molar-refractivity contribution is 8.18. The Morgan fingerprint density at radius 1 is 1.06 bits per heavy atom. The summed E-state index contributed by atoms with van der Waals surface area (Å²) in [4.78, 5) is 38.9. The fourth-order valence-electron chi connectivity index (χ4n) is 3.47. The molecule has 0 saturated carbocycles. The lowest BCUT2D eigenvalue weighted by molar-refractivity contribution is -0.123. The summed E-state index contributed by atoms with van der Waals surface area (Å²) in [7, 11) is 1.53. The van der Waals surface area contributed by atoms with Crippen molar-refractivity contribution in [2.45, 2.75) is 6.54 Å². The van der Waals surface area contributed by atoms with Crippen LogP contribution in [0.3, 0.4) is 0 Å². The fourth-order valence-corrected chi connectivity index (χ4v) is 4.31. The first-order valence-corrected chi connectivity index (χ1v) is 11.7. The molecule has 1 N–H and O–H groups in total. The summed E-state index contributed by atoms with van der Waals surface area (Å²) in [5.41, 5.74) is 2.28. The molecule has 1 aliphatic rings. The van der Waals surface area contributed by atoms with Gasteiger partial charge in [0.1, 0.15) is 11.5 Å². The van der Waals surface area contributed by atoms with E-state index in [0.29, 0.717) is 38.8 Å². The zero-order chi connectivity index (χ0) is 25.5. The lowest BCUT2D eigenvalue weighted by atomic mass is 10.1. The van der Waals surface area contributed by atoms with E-state index >= 15 is 0 Å². The van der Waals surface area contributed by atoms with Crippen molar-refractivity contribution >= 4 is 40.6 Å². The molecule has 0 aromatic heterocycles. The third-order valence-corrected chi connectivity index (χ3v) is 6.18. The van der Waals surface area contributed by atoms with Gasteiger partial charge in [-0.25, -0.2) is 0 Å². The maximum absolute atomic E-state index is 12.8. The number of ether oxygens (including phenoxy) is 2. The van der Waals surface area contributed by atoms with Crippen LogP contribution in [-0.4, -0.2) is 35.7 Å². The first-order chi connectivity index (χ1) is 17.5. The number of carbonyl (C=O) groups excluding carboxylic acids is 3. The molecule has 36 heavy (non-hydrogen) atoms. The molecule has 0 aliphatic carbocycles. The molecule has 0 unspecified atom stereocenters. The lowest BCUT2D eigenvalue weighted by Gasteiger charge is -2.13. The Labute approximate surface area is 212 Å². The number of nitrogens with zero attached hydrogens (tertiary/aromatic N) is 2. The summed E-state index contributed by atoms with van der Waals surface area (Å²) >= 11 is 0.853. The Balaban J connectivity index is 1.36. The molecule has 1 aliphatic heterocycles. The number of para-hydroxylation sites is 2. The van der Waals surface area contributed by atoms with Crippen LogP contribution in [0.2, 0.25) is 0 Å². The second kappa shape index (κ2) is 11.3. The van der Waals surface area contributed by atoms with Crippen LogP contribution >= 0.6 is 11.8 Å². The average Bonchev–Trinajstić information content (AvgIpc) is 3.16. The number of methoxy groups -OCH3 is 1. The number of nitriles is 1. The summed E-state index contributed by atoms with van der Waals surface area (Å²) < 4.78 is 10.8. The normalized spacial score (nSPS) is 14.0. The summed E-state index contributed by atoms with van der Waals surface area (Å²) in [5, 5.41) is 11.6. The molecule has 0 atom stereocenters. The first kappa shape index (κ1) is 24.6. The molecule has 0 spiro atoms. The molecule has 180 valence electrons. The van der Waals surface area contributed by atoms with Gasteiger partial charge in [-0.2, -0.15) is 5.26 Å². The quantitative estimate of drug-likeness (QED) is 0.443. The predicted octanol–water partition coefficient (Wildman–Crippen LogP) is 4.82. The SMILES string of the molecule is COc1ccccc1NC(=O)COc1ccc(/C=C2\SC(=O)N(Cc3ccccc3C#N)C2=O)cc1. The number of thioether (sulfide) groups is 1. The van der Waals surface area contributed by atoms with Gasteiger partial charge < -0.3 is 14.8 Å². The van der Waals surface area contributed by atoms with Gasteiger partial charge in [0, 0.05) is 0 Å². The Morgan fingerprint density at radius 2 is 1.78 bits per heavy atom. The average molecular weight is 500 g/mol. The minimum Gasteiger partial charge on any atom is -0.495 e. The van der Waals surface area contributed by atoms with Gasteiger partial charge in [0.2, 0.25) is 0 Å². The van der Waals surface area contributed by atoms with Crippen LogP contribution in [0.15, 0.2) is 77.7 Å². The second-order valence-corrected chi connectivity index (χ2v) is 8.64. The van der Waals surface area contributed by atoms with Crippen molar-refractivity contribution in [1.82, 2.24) is 4.90 Å². The number of nitrogens with one attached hydrogen (secondary N) is 1. The van der Waals surface area contributed by atoms with Crippen molar-refractivity contribution in [2.24, 2.45) is 0 Å². The number of hydrogen-bond donors (Lipinski definition) is 1. The summed E-state index contributed by atoms with van der Waals surface area (Å²) in [6.45, 7) is -0.157. The van der Waals surface area contributed by atoms with Crippen LogP contribution in [0.25, 0.3) is 6.08 Å². The smallest absolute Gasteiger partial charge is 0.293 e. The van der Waals surface area contributed by atoms with Crippen molar-refractivity contribution in [3.8, 4) is 17.6 Å². The number of anilines is 1. The van der Waals surface area contributed by atoms with Crippen molar-refractivity contribution in [3.05, 3.63) is 94.4 Å². The Hall–Kier alpha value is -4.55. The standard InChI is InChI=1S/C27H21N3O5S/c1-34-23-9-5-4-8-22(23)29-25(31)17-35-21-12-10-18(11-13-21)14-24-26(32)30(27(33)36-24)16-20-7-3-2-6-19(20)15-28/h2-14H,16-17H2,1H3,(H,29,31)/b24-14-. The molecular weight excluding hydrogens is 478 g/mol. The van der Waals surface area contributed by atoms with Crippen LogP contribution < -0.4 is 14.8 Å². The van der Waals surface area contributed by atoms with Crippen molar-refractivity contribution < 1.29 is 23.9 Å². The molecule has 1 heterocycles. The van der Waals surface area contributed by atoms with E-state index in [4.69, 9.17) is 9.47 Å². The highest BCUT2D eigenvalue weighted by Crippen LogP contribution is 2.34. The van der Waals surface area contributed by atoms with E-state index in [9.17, 15) is 19.6 Å². The second-order valence-electron chi connectivity index (χ2n) is 7.64. The van der Waals surface area contributed by atoms with Crippen LogP contribution in [0.5, 0.6) is 11.5 Å². The van der Waals surface area contributed by atoms with E-state index in [-0.39, 0.29) is 24.3 Å². The summed E-state index contributed by atoms with van der Waals surface area (Å²) in [6, 6.07) is 22.8. The van der Waals surface area contributed by atoms with Crippen LogP contribution in [-0.2, 0) is 16.1 Å². The molecular formula is C27H21N3O5S. The number of imide groups is 1. The van der Waals surface area contributed by atoms with Crippen molar-refractivity contribution in [2.75, 3.05) is 19.0 Å². The molecule has 0 radical (unpaired) electrons. The zero-order valence-corrected chi connectivity index (χ0v) is 20.1. The summed E-state index contributed by atoms with van der Waals surface area (Å²) in [6.07, 6.45) is 1.62. The van der Waals surface area contributed by atoms with Crippen LogP contribution in [0, 0.1) is 11.3 Å². The topological polar surface area (TPSA) is 109 Å². The molecule has 1 saturated heterocycles. The Morgan fingerprint density at radius 3 is 2.53 bits per heavy atom. The van der Waals surface area contributed by atoms with Crippen LogP contribution in [0.4, 0.5) is 10.5 Å². The highest BCUT2D eigenvalue weighted by atomic mass is 32.2. The van der Waals surface area contributed by atoms with E-state index in [0.717, 1.165) is 16.7 Å². The summed E-state index contributed by atoms with van der Waals surface area (Å²) in [5.74, 6) is 0.277. The molecule has 3 amide bonds. The van der Waals surface area contributed by atoms with Gasteiger partial charge in [-0.1, -0.05) is 42.5 Å². The van der Waals surface area contributed by atoms with Crippen LogP contribution in [0.1, 0.15) is 16.7 Å². The molecule has 3 aromatic carbocycles. The maximum Gasteiger partial charge on any atom is 0.293 e. The maximum atomic E-state index is 12.8. The number of rotatable bonds is 8. The first-order valence-electron chi connectivity index (χ1n) is 10.9. The highest BCUT2D eigenvalue weighted by Gasteiger charge is 2.35. The third-order valence-electron chi connectivity index (χ3n) is 5.27. The van der Waals surface area contributed by atoms with Crippen molar-refractivity contribution in [3.63, 3.8) is 0 Å². The number of benzene rings is 3. The van der Waals surface area contributed by atoms with E-state index < -0.39 is 5.91 Å². The predicted molar refractivity (Wildman–Crippen MR) is 136 cm³/mol. The Kier molecular flexibility index (Phi) is 7.68. The van der Waals surface area contributed by atoms with E-state index in [1.807, 2.05) is 0 Å². The lowest BCUT2D eigenvalue weighted by Crippen LogP contribution is -2.27. The zero-order valence-electron chi connectivity index (χ0n) is 19.3. The third kappa shape index (κ3) is 5.74. The van der Waals surface area contributed by atoms with E-state index in [2.05, 4.69) is 11.4 Å². The van der Waals surface area contributed by atoms with Crippen molar-refractivity contribution in [1.29, 1.82) is 5.26 Å². The molecule has 9 heteroatoms. The van der Waals surface area contributed by atoms with Gasteiger partial charge >= 0.3 is 0 Å².